The van der Waals surface area contributed by atoms with Gasteiger partial charge in [-0.05, 0) is 69.0 Å². The molecule has 1 amide bonds. The quantitative estimate of drug-likeness (QED) is 0.464. The Bertz CT molecular complexity index is 1130. The third-order valence-electron chi connectivity index (χ3n) is 6.12. The van der Waals surface area contributed by atoms with Gasteiger partial charge in [0.1, 0.15) is 11.6 Å². The van der Waals surface area contributed by atoms with Gasteiger partial charge in [-0.15, -0.1) is 10.2 Å². The molecule has 2 heterocycles. The molecule has 34 heavy (non-hydrogen) atoms. The molecule has 6 nitrogen and oxygen atoms in total. The van der Waals surface area contributed by atoms with Crippen LogP contribution in [0.15, 0.2) is 53.7 Å². The lowest BCUT2D eigenvalue weighted by molar-refractivity contribution is -0.135. The van der Waals surface area contributed by atoms with Gasteiger partial charge in [-0.1, -0.05) is 36.0 Å². The lowest BCUT2D eigenvalue weighted by Gasteiger charge is -2.34. The molecule has 1 aliphatic heterocycles. The van der Waals surface area contributed by atoms with Gasteiger partial charge in [0.15, 0.2) is 5.16 Å². The fourth-order valence-corrected chi connectivity index (χ4v) is 5.26. The fourth-order valence-electron chi connectivity index (χ4n) is 4.22. The number of halogens is 1. The van der Waals surface area contributed by atoms with Crippen molar-refractivity contribution in [2.75, 3.05) is 13.2 Å². The molecule has 0 aliphatic carbocycles. The number of carbonyl (C=O) groups is 1. The van der Waals surface area contributed by atoms with Crippen molar-refractivity contribution >= 4 is 17.7 Å². The van der Waals surface area contributed by atoms with E-state index in [1.54, 1.807) is 23.9 Å². The highest BCUT2D eigenvalue weighted by atomic mass is 32.2. The molecule has 1 N–H and O–H groups in total. The summed E-state index contributed by atoms with van der Waals surface area (Å²) < 4.78 is 21.2. The van der Waals surface area contributed by atoms with Gasteiger partial charge in [-0.25, -0.2) is 4.39 Å². The number of nitrogens with one attached hydrogen (secondary N) is 1. The molecule has 0 spiro atoms. The van der Waals surface area contributed by atoms with Crippen molar-refractivity contribution in [2.45, 2.75) is 56.5 Å². The van der Waals surface area contributed by atoms with E-state index in [2.05, 4.69) is 34.6 Å². The van der Waals surface area contributed by atoms with Crippen LogP contribution in [0.1, 0.15) is 43.6 Å². The second-order valence-corrected chi connectivity index (χ2v) is 10.2. The predicted octanol–water partition coefficient (Wildman–Crippen LogP) is 4.87. The number of benzene rings is 2. The van der Waals surface area contributed by atoms with Gasteiger partial charge in [-0.3, -0.25) is 9.36 Å². The monoisotopic (exact) mass is 482 g/mol. The van der Waals surface area contributed by atoms with Crippen LogP contribution in [0.25, 0.3) is 5.69 Å². The number of ether oxygens (including phenoxy) is 1. The average Bonchev–Trinajstić information content (AvgIpc) is 3.21. The first-order chi connectivity index (χ1) is 16.3. The smallest absolute Gasteiger partial charge is 0.223 e. The topological polar surface area (TPSA) is 69.0 Å². The van der Waals surface area contributed by atoms with Crippen molar-refractivity contribution in [1.29, 1.82) is 0 Å². The summed E-state index contributed by atoms with van der Waals surface area (Å²) in [6, 6.07) is 14.6. The fraction of sp³-hybridized carbons (Fsp3) is 0.423. The first-order valence-corrected chi connectivity index (χ1v) is 12.6. The zero-order valence-electron chi connectivity index (χ0n) is 19.9. The van der Waals surface area contributed by atoms with Crippen LogP contribution in [0.3, 0.4) is 0 Å². The van der Waals surface area contributed by atoms with E-state index in [1.807, 2.05) is 30.5 Å². The minimum atomic E-state index is -0.292. The first kappa shape index (κ1) is 24.4. The Morgan fingerprint density at radius 2 is 1.97 bits per heavy atom. The Labute approximate surface area is 204 Å². The summed E-state index contributed by atoms with van der Waals surface area (Å²) >= 11 is 1.59. The standard InChI is InChI=1S/C26H31FN4O2S/c1-18-6-4-5-7-20(18)17-34-25-30-29-23(31(25)22-10-8-21(27)9-11-22)12-14-28-24(32)19-13-15-33-26(2,3)16-19/h4-11,19H,12-17H2,1-3H3,(H,28,32). The van der Waals surface area contributed by atoms with Crippen LogP contribution in [0.4, 0.5) is 4.39 Å². The van der Waals surface area contributed by atoms with Crippen LogP contribution >= 0.6 is 11.8 Å². The Kier molecular flexibility index (Phi) is 7.68. The summed E-state index contributed by atoms with van der Waals surface area (Å²) in [5, 5.41) is 12.6. The largest absolute Gasteiger partial charge is 0.376 e. The zero-order valence-corrected chi connectivity index (χ0v) is 20.7. The number of aryl methyl sites for hydroxylation is 1. The number of hydrogen-bond donors (Lipinski definition) is 1. The number of nitrogens with zero attached hydrogens (tertiary/aromatic N) is 3. The van der Waals surface area contributed by atoms with Gasteiger partial charge in [0.25, 0.3) is 0 Å². The highest BCUT2D eigenvalue weighted by Gasteiger charge is 2.32. The summed E-state index contributed by atoms with van der Waals surface area (Å²) in [5.41, 5.74) is 2.98. The second-order valence-electron chi connectivity index (χ2n) is 9.26. The van der Waals surface area contributed by atoms with Gasteiger partial charge in [0.05, 0.1) is 5.60 Å². The Morgan fingerprint density at radius 3 is 2.71 bits per heavy atom. The van der Waals surface area contributed by atoms with Crippen molar-refractivity contribution < 1.29 is 13.9 Å². The van der Waals surface area contributed by atoms with E-state index in [4.69, 9.17) is 4.74 Å². The minimum Gasteiger partial charge on any atom is -0.376 e. The molecule has 3 aromatic rings. The van der Waals surface area contributed by atoms with Gasteiger partial charge < -0.3 is 10.1 Å². The van der Waals surface area contributed by atoms with Gasteiger partial charge in [0, 0.05) is 36.9 Å². The van der Waals surface area contributed by atoms with Gasteiger partial charge in [0.2, 0.25) is 5.91 Å². The van der Waals surface area contributed by atoms with Crippen LogP contribution in [-0.2, 0) is 21.7 Å². The van der Waals surface area contributed by atoms with Crippen molar-refractivity contribution in [3.8, 4) is 5.69 Å². The number of hydrogen-bond acceptors (Lipinski definition) is 5. The second kappa shape index (κ2) is 10.7. The number of rotatable bonds is 8. The molecule has 1 aromatic heterocycles. The van der Waals surface area contributed by atoms with E-state index in [0.717, 1.165) is 28.8 Å². The molecule has 1 aliphatic rings. The van der Waals surface area contributed by atoms with E-state index in [0.29, 0.717) is 26.0 Å². The third kappa shape index (κ3) is 6.04. The van der Waals surface area contributed by atoms with Gasteiger partial charge in [-0.2, -0.15) is 0 Å². The van der Waals surface area contributed by atoms with Crippen LogP contribution in [0.5, 0.6) is 0 Å². The number of thioether (sulfide) groups is 1. The van der Waals surface area contributed by atoms with Gasteiger partial charge >= 0.3 is 0 Å². The summed E-state index contributed by atoms with van der Waals surface area (Å²) in [5.74, 6) is 1.20. The van der Waals surface area contributed by atoms with Crippen LogP contribution in [-0.4, -0.2) is 39.4 Å². The highest BCUT2D eigenvalue weighted by Crippen LogP contribution is 2.29. The average molecular weight is 483 g/mol. The van der Waals surface area contributed by atoms with E-state index >= 15 is 0 Å². The Hall–Kier alpha value is -2.71. The molecule has 0 radical (unpaired) electrons. The maximum atomic E-state index is 13.6. The molecular formula is C26H31FN4O2S. The minimum absolute atomic E-state index is 0.0426. The van der Waals surface area contributed by atoms with E-state index in [9.17, 15) is 9.18 Å². The maximum absolute atomic E-state index is 13.6. The first-order valence-electron chi connectivity index (χ1n) is 11.6. The van der Waals surface area contributed by atoms with Crippen LogP contribution in [0.2, 0.25) is 0 Å². The molecule has 1 atom stereocenters. The number of aromatic nitrogens is 3. The SMILES string of the molecule is Cc1ccccc1CSc1nnc(CCNC(=O)C2CCOC(C)(C)C2)n1-c1ccc(F)cc1. The Morgan fingerprint density at radius 1 is 1.21 bits per heavy atom. The lowest BCUT2D eigenvalue weighted by Crippen LogP contribution is -2.42. The normalized spacial score (nSPS) is 17.5. The molecule has 1 unspecified atom stereocenters. The highest BCUT2D eigenvalue weighted by molar-refractivity contribution is 7.98. The van der Waals surface area contributed by atoms with Crippen molar-refractivity contribution in [3.63, 3.8) is 0 Å². The molecule has 2 aromatic carbocycles. The predicted molar refractivity (Wildman–Crippen MR) is 132 cm³/mol. The summed E-state index contributed by atoms with van der Waals surface area (Å²) in [6.45, 7) is 7.19. The maximum Gasteiger partial charge on any atom is 0.223 e. The number of amides is 1. The van der Waals surface area contributed by atoms with Crippen LogP contribution < -0.4 is 5.32 Å². The molecule has 4 rings (SSSR count). The van der Waals surface area contributed by atoms with Crippen molar-refractivity contribution in [3.05, 3.63) is 71.3 Å². The molecule has 0 bridgehead atoms. The van der Waals surface area contributed by atoms with E-state index in [1.165, 1.54) is 23.3 Å². The number of carbonyl (C=O) groups excluding carboxylic acids is 1. The van der Waals surface area contributed by atoms with E-state index in [-0.39, 0.29) is 23.2 Å². The third-order valence-corrected chi connectivity index (χ3v) is 7.10. The summed E-state index contributed by atoms with van der Waals surface area (Å²) in [7, 11) is 0. The van der Waals surface area contributed by atoms with Crippen LogP contribution in [0, 0.1) is 18.7 Å². The summed E-state index contributed by atoms with van der Waals surface area (Å²) in [6.07, 6.45) is 1.97. The lowest BCUT2D eigenvalue weighted by atomic mass is 9.88. The molecule has 1 fully saturated rings. The molecule has 1 saturated heterocycles. The molecule has 8 heteroatoms. The zero-order chi connectivity index (χ0) is 24.1. The molecule has 180 valence electrons. The summed E-state index contributed by atoms with van der Waals surface area (Å²) in [4.78, 5) is 12.7. The Balaban J connectivity index is 1.46. The van der Waals surface area contributed by atoms with Crippen molar-refractivity contribution in [1.82, 2.24) is 20.1 Å². The van der Waals surface area contributed by atoms with E-state index < -0.39 is 0 Å². The molecule has 0 saturated carbocycles. The molecular weight excluding hydrogens is 451 g/mol. The van der Waals surface area contributed by atoms with Crippen molar-refractivity contribution in [2.24, 2.45) is 5.92 Å².